The fourth-order valence-corrected chi connectivity index (χ4v) is 6.26. The quantitative estimate of drug-likeness (QED) is 0.166. The number of sulfonamides is 1. The lowest BCUT2D eigenvalue weighted by atomic mass is 10.1. The number of rotatable bonds is 8. The molecule has 1 aromatic heterocycles. The van der Waals surface area contributed by atoms with Gasteiger partial charge in [-0.3, -0.25) is 10.1 Å². The number of hydrogen-bond acceptors (Lipinski definition) is 6. The Balaban J connectivity index is 1.21. The minimum Gasteiger partial charge on any atom is -0.369 e. The number of non-ortho nitro benzene ring substituents is 1. The third kappa shape index (κ3) is 6.36. The molecule has 0 amide bonds. The van der Waals surface area contributed by atoms with Gasteiger partial charge in [0.1, 0.15) is 0 Å². The van der Waals surface area contributed by atoms with Crippen molar-refractivity contribution in [2.24, 2.45) is 0 Å². The molecule has 0 spiro atoms. The van der Waals surface area contributed by atoms with E-state index in [-0.39, 0.29) is 10.6 Å². The summed E-state index contributed by atoms with van der Waals surface area (Å²) < 4.78 is 29.4. The monoisotopic (exact) mass is 563 g/mol. The second kappa shape index (κ2) is 11.4. The molecular formula is C28H26ClN5O4S. The highest BCUT2D eigenvalue weighted by molar-refractivity contribution is 7.89. The highest BCUT2D eigenvalue weighted by atomic mass is 35.5. The highest BCUT2D eigenvalue weighted by Crippen LogP contribution is 2.25. The molecular weight excluding hydrogens is 538 g/mol. The van der Waals surface area contributed by atoms with Crippen molar-refractivity contribution in [2.75, 3.05) is 31.1 Å². The molecule has 0 atom stereocenters. The summed E-state index contributed by atoms with van der Waals surface area (Å²) in [5, 5.41) is 11.7. The van der Waals surface area contributed by atoms with E-state index < -0.39 is 14.9 Å². The van der Waals surface area contributed by atoms with Crippen LogP contribution in [-0.2, 0) is 16.6 Å². The van der Waals surface area contributed by atoms with Gasteiger partial charge >= 0.3 is 0 Å². The summed E-state index contributed by atoms with van der Waals surface area (Å²) in [4.78, 5) is 16.6. The maximum absolute atomic E-state index is 13.0. The molecule has 9 nitrogen and oxygen atoms in total. The summed E-state index contributed by atoms with van der Waals surface area (Å²) in [5.41, 5.74) is 3.88. The lowest BCUT2D eigenvalue weighted by Crippen LogP contribution is -2.48. The lowest BCUT2D eigenvalue weighted by molar-refractivity contribution is -0.385. The minimum atomic E-state index is -3.81. The minimum absolute atomic E-state index is 0.0603. The van der Waals surface area contributed by atoms with Crippen molar-refractivity contribution in [1.82, 2.24) is 13.9 Å². The fraction of sp³-hybridized carbons (Fsp3) is 0.179. The van der Waals surface area contributed by atoms with Gasteiger partial charge in [0.05, 0.1) is 16.1 Å². The van der Waals surface area contributed by atoms with Crippen molar-refractivity contribution in [3.05, 3.63) is 117 Å². The number of halogens is 1. The van der Waals surface area contributed by atoms with E-state index >= 15 is 0 Å². The predicted molar refractivity (Wildman–Crippen MR) is 152 cm³/mol. The maximum atomic E-state index is 13.0. The largest absolute Gasteiger partial charge is 0.369 e. The Kier molecular flexibility index (Phi) is 7.78. The van der Waals surface area contributed by atoms with Crippen LogP contribution in [0.3, 0.4) is 0 Å². The van der Waals surface area contributed by atoms with Gasteiger partial charge in [0.2, 0.25) is 10.0 Å². The lowest BCUT2D eigenvalue weighted by Gasteiger charge is -2.35. The van der Waals surface area contributed by atoms with Gasteiger partial charge in [-0.2, -0.15) is 4.31 Å². The normalized spacial score (nSPS) is 14.6. The summed E-state index contributed by atoms with van der Waals surface area (Å²) >= 11 is 6.34. The summed E-state index contributed by atoms with van der Waals surface area (Å²) in [6.45, 7) is 2.32. The molecule has 5 rings (SSSR count). The molecule has 0 saturated carbocycles. The van der Waals surface area contributed by atoms with Gasteiger partial charge in [-0.1, -0.05) is 42.0 Å². The average Bonchev–Trinajstić information content (AvgIpc) is 3.45. The second-order valence-corrected chi connectivity index (χ2v) is 11.6. The Morgan fingerprint density at radius 3 is 2.38 bits per heavy atom. The van der Waals surface area contributed by atoms with Crippen LogP contribution in [0.4, 0.5) is 11.4 Å². The molecule has 200 valence electrons. The Morgan fingerprint density at radius 2 is 1.69 bits per heavy atom. The van der Waals surface area contributed by atoms with Crippen molar-refractivity contribution in [3.63, 3.8) is 0 Å². The van der Waals surface area contributed by atoms with E-state index in [1.54, 1.807) is 12.5 Å². The molecule has 0 radical (unpaired) electrons. The number of anilines is 1. The predicted octanol–water partition coefficient (Wildman–Crippen LogP) is 5.17. The molecule has 1 saturated heterocycles. The maximum Gasteiger partial charge on any atom is 0.270 e. The Bertz CT molecular complexity index is 1600. The van der Waals surface area contributed by atoms with Crippen molar-refractivity contribution < 1.29 is 13.3 Å². The van der Waals surface area contributed by atoms with Crippen LogP contribution in [0.5, 0.6) is 0 Å². The Labute approximate surface area is 231 Å². The molecule has 0 N–H and O–H groups in total. The molecule has 2 heterocycles. The molecule has 0 bridgehead atoms. The highest BCUT2D eigenvalue weighted by Gasteiger charge is 2.29. The van der Waals surface area contributed by atoms with Crippen molar-refractivity contribution >= 4 is 45.2 Å². The van der Waals surface area contributed by atoms with Crippen LogP contribution in [0.2, 0.25) is 5.02 Å². The summed E-state index contributed by atoms with van der Waals surface area (Å²) in [5.74, 6) is 0. The van der Waals surface area contributed by atoms with Crippen molar-refractivity contribution in [2.45, 2.75) is 11.4 Å². The van der Waals surface area contributed by atoms with Crippen LogP contribution in [0.1, 0.15) is 16.7 Å². The summed E-state index contributed by atoms with van der Waals surface area (Å²) in [6.07, 6.45) is 9.48. The van der Waals surface area contributed by atoms with Crippen LogP contribution >= 0.6 is 11.6 Å². The topological polar surface area (TPSA) is 102 Å². The van der Waals surface area contributed by atoms with Crippen LogP contribution in [0.25, 0.3) is 12.2 Å². The van der Waals surface area contributed by atoms with Gasteiger partial charge in [0.25, 0.3) is 5.69 Å². The fourth-order valence-electron chi connectivity index (χ4n) is 4.54. The van der Waals surface area contributed by atoms with Crippen molar-refractivity contribution in [1.29, 1.82) is 0 Å². The zero-order valence-electron chi connectivity index (χ0n) is 20.9. The number of piperazine rings is 1. The SMILES string of the molecule is O=[N+]([O-])c1cccc(S(=O)(=O)N2CCN(c3ccc(C=Cc4cc(Cl)cc(Cn5ccnc5)c4)cc3)CC2)c1. The van der Waals surface area contributed by atoms with Gasteiger partial charge in [-0.15, -0.1) is 0 Å². The van der Waals surface area contributed by atoms with E-state index in [1.165, 1.54) is 22.5 Å². The van der Waals surface area contributed by atoms with Gasteiger partial charge in [0, 0.05) is 68.0 Å². The number of benzene rings is 3. The number of nitro benzene ring substituents is 1. The molecule has 4 aromatic rings. The number of nitro groups is 1. The third-order valence-corrected chi connectivity index (χ3v) is 8.65. The molecule has 1 aliphatic heterocycles. The van der Waals surface area contributed by atoms with Gasteiger partial charge in [-0.05, 0) is 53.1 Å². The van der Waals surface area contributed by atoms with Crippen LogP contribution in [0.15, 0.2) is 90.3 Å². The van der Waals surface area contributed by atoms with E-state index in [4.69, 9.17) is 11.6 Å². The molecule has 1 fully saturated rings. The van der Waals surface area contributed by atoms with Gasteiger partial charge in [0.15, 0.2) is 0 Å². The second-order valence-electron chi connectivity index (χ2n) is 9.20. The summed E-state index contributed by atoms with van der Waals surface area (Å²) in [7, 11) is -3.81. The number of hydrogen-bond donors (Lipinski definition) is 0. The molecule has 39 heavy (non-hydrogen) atoms. The standard InChI is InChI=1S/C28H26ClN5O4S/c29-25-17-23(16-24(18-25)20-31-11-10-30-21-31)5-4-22-6-8-26(9-7-22)32-12-14-33(15-13-32)39(37,38)28-3-1-2-27(19-28)34(35)36/h1-11,16-19,21H,12-15,20H2. The Hall–Kier alpha value is -3.99. The van der Waals surface area contributed by atoms with E-state index in [1.807, 2.05) is 59.3 Å². The van der Waals surface area contributed by atoms with E-state index in [2.05, 4.69) is 16.0 Å². The van der Waals surface area contributed by atoms with E-state index in [9.17, 15) is 18.5 Å². The van der Waals surface area contributed by atoms with Gasteiger partial charge in [-0.25, -0.2) is 13.4 Å². The number of nitrogens with zero attached hydrogens (tertiary/aromatic N) is 5. The number of imidazole rings is 1. The average molecular weight is 564 g/mol. The van der Waals surface area contributed by atoms with E-state index in [0.717, 1.165) is 28.4 Å². The summed E-state index contributed by atoms with van der Waals surface area (Å²) in [6, 6.07) is 19.2. The molecule has 11 heteroatoms. The molecule has 0 unspecified atom stereocenters. The zero-order chi connectivity index (χ0) is 27.4. The smallest absolute Gasteiger partial charge is 0.270 e. The van der Waals surface area contributed by atoms with Crippen LogP contribution in [-0.4, -0.2) is 53.4 Å². The first kappa shape index (κ1) is 26.6. The van der Waals surface area contributed by atoms with Crippen LogP contribution < -0.4 is 4.90 Å². The van der Waals surface area contributed by atoms with Gasteiger partial charge < -0.3 is 9.47 Å². The molecule has 1 aliphatic rings. The first-order valence-electron chi connectivity index (χ1n) is 12.3. The molecule has 0 aliphatic carbocycles. The molecule has 3 aromatic carbocycles. The van der Waals surface area contributed by atoms with Crippen LogP contribution in [0, 0.1) is 10.1 Å². The number of aromatic nitrogens is 2. The Morgan fingerprint density at radius 1 is 0.949 bits per heavy atom. The zero-order valence-corrected chi connectivity index (χ0v) is 22.5. The van der Waals surface area contributed by atoms with Crippen molar-refractivity contribution in [3.8, 4) is 0 Å². The first-order chi connectivity index (χ1) is 18.8. The third-order valence-electron chi connectivity index (χ3n) is 6.54. The first-order valence-corrected chi connectivity index (χ1v) is 14.1. The van der Waals surface area contributed by atoms with E-state index in [0.29, 0.717) is 37.7 Å².